The maximum atomic E-state index is 14.3. The summed E-state index contributed by atoms with van der Waals surface area (Å²) in [5.74, 6) is 0.810. The number of aryl methyl sites for hydroxylation is 1. The number of halogens is 4. The van der Waals surface area contributed by atoms with Gasteiger partial charge in [-0.25, -0.2) is 14.2 Å². The maximum Gasteiger partial charge on any atom is 0.490 e. The minimum Gasteiger partial charge on any atom is -0.446 e. The molecule has 3 rings (SSSR count). The van der Waals surface area contributed by atoms with Gasteiger partial charge in [0.2, 0.25) is 0 Å². The lowest BCUT2D eigenvalue weighted by molar-refractivity contribution is -0.198. The van der Waals surface area contributed by atoms with E-state index in [2.05, 4.69) is 31.9 Å². The van der Waals surface area contributed by atoms with Crippen LogP contribution in [0.2, 0.25) is 0 Å². The van der Waals surface area contributed by atoms with Gasteiger partial charge in [0.05, 0.1) is 28.8 Å². The number of fused-ring (bicyclic) bond motifs is 1. The number of benzene rings is 1. The Morgan fingerprint density at radius 1 is 1.36 bits per heavy atom. The highest BCUT2D eigenvalue weighted by Crippen LogP contribution is 2.36. The molecule has 0 aliphatic carbocycles. The molecule has 0 bridgehead atoms. The lowest BCUT2D eigenvalue weighted by Crippen LogP contribution is -2.25. The van der Waals surface area contributed by atoms with Crippen LogP contribution in [0.3, 0.4) is 0 Å². The molecule has 1 aliphatic rings. The molecule has 0 spiro atoms. The number of anilines is 1. The molecule has 0 atom stereocenters. The smallest absolute Gasteiger partial charge is 0.446 e. The lowest BCUT2D eigenvalue weighted by Gasteiger charge is -2.05. The van der Waals surface area contributed by atoms with E-state index in [1.54, 1.807) is 6.92 Å². The van der Waals surface area contributed by atoms with Crippen molar-refractivity contribution in [1.29, 1.82) is 0 Å². The number of alkyl halides is 3. The number of carbonyl (C=O) groups excluding carboxylic acids is 2. The number of hydrogen-bond acceptors (Lipinski definition) is 4. The van der Waals surface area contributed by atoms with Crippen molar-refractivity contribution < 1.29 is 31.9 Å². The number of nitrogens with one attached hydrogen (secondary N) is 2. The SMILES string of the molecule is Cc1[nH]cnc1/C=C1\C(=O)Nc2ccc(F)c(C#CCOC(=O)C(F)(F)F)c21. The van der Waals surface area contributed by atoms with E-state index in [0.717, 1.165) is 6.07 Å². The monoisotopic (exact) mass is 393 g/mol. The van der Waals surface area contributed by atoms with Crippen molar-refractivity contribution >= 4 is 29.2 Å². The highest BCUT2D eigenvalue weighted by atomic mass is 19.4. The van der Waals surface area contributed by atoms with Crippen LogP contribution in [-0.2, 0) is 14.3 Å². The summed E-state index contributed by atoms with van der Waals surface area (Å²) < 4.78 is 54.6. The molecule has 0 unspecified atom stereocenters. The number of H-pyrrole nitrogens is 1. The van der Waals surface area contributed by atoms with Crippen LogP contribution in [0.4, 0.5) is 23.2 Å². The molecule has 0 fully saturated rings. The molecule has 1 aromatic carbocycles. The Balaban J connectivity index is 1.96. The molecule has 1 aromatic heterocycles. The highest BCUT2D eigenvalue weighted by molar-refractivity contribution is 6.35. The highest BCUT2D eigenvalue weighted by Gasteiger charge is 2.40. The third-order valence-electron chi connectivity index (χ3n) is 3.79. The summed E-state index contributed by atoms with van der Waals surface area (Å²) in [7, 11) is 0. The van der Waals surface area contributed by atoms with E-state index in [9.17, 15) is 27.2 Å². The summed E-state index contributed by atoms with van der Waals surface area (Å²) in [6.45, 7) is 0.842. The number of ether oxygens (including phenoxy) is 1. The Morgan fingerprint density at radius 2 is 2.11 bits per heavy atom. The van der Waals surface area contributed by atoms with Crippen molar-refractivity contribution in [3.8, 4) is 11.8 Å². The minimum atomic E-state index is -5.14. The van der Waals surface area contributed by atoms with Gasteiger partial charge < -0.3 is 15.0 Å². The molecule has 0 radical (unpaired) electrons. The van der Waals surface area contributed by atoms with E-state index in [-0.39, 0.29) is 16.7 Å². The van der Waals surface area contributed by atoms with Gasteiger partial charge in [-0.05, 0) is 25.1 Å². The molecule has 0 saturated carbocycles. The van der Waals surface area contributed by atoms with E-state index in [4.69, 9.17) is 0 Å². The summed E-state index contributed by atoms with van der Waals surface area (Å²) in [5.41, 5.74) is 1.47. The zero-order valence-electron chi connectivity index (χ0n) is 14.2. The van der Waals surface area contributed by atoms with E-state index in [0.29, 0.717) is 17.1 Å². The van der Waals surface area contributed by atoms with Gasteiger partial charge in [-0.1, -0.05) is 11.8 Å². The fourth-order valence-electron chi connectivity index (χ4n) is 2.48. The largest absolute Gasteiger partial charge is 0.490 e. The number of esters is 1. The van der Waals surface area contributed by atoms with Crippen LogP contribution in [0, 0.1) is 24.6 Å². The number of aromatic amines is 1. The first kappa shape index (κ1) is 19.2. The first-order valence-corrected chi connectivity index (χ1v) is 7.77. The number of amides is 1. The molecule has 144 valence electrons. The molecule has 1 amide bonds. The molecular weight excluding hydrogens is 382 g/mol. The molecule has 1 aliphatic heterocycles. The average Bonchev–Trinajstić information content (AvgIpc) is 3.16. The van der Waals surface area contributed by atoms with Gasteiger partial charge in [0.25, 0.3) is 5.91 Å². The van der Waals surface area contributed by atoms with Crippen molar-refractivity contribution in [2.45, 2.75) is 13.1 Å². The van der Waals surface area contributed by atoms with Crippen LogP contribution in [-0.4, -0.2) is 34.6 Å². The second-order valence-corrected chi connectivity index (χ2v) is 5.65. The molecule has 2 N–H and O–H groups in total. The summed E-state index contributed by atoms with van der Waals surface area (Å²) in [6.07, 6.45) is -2.27. The van der Waals surface area contributed by atoms with E-state index in [1.807, 2.05) is 0 Å². The number of carbonyl (C=O) groups is 2. The van der Waals surface area contributed by atoms with Crippen molar-refractivity contribution in [2.75, 3.05) is 11.9 Å². The zero-order valence-corrected chi connectivity index (χ0v) is 14.2. The molecule has 10 heteroatoms. The second kappa shape index (κ2) is 7.19. The Hall–Kier alpha value is -3.61. The minimum absolute atomic E-state index is 0.0984. The van der Waals surface area contributed by atoms with Gasteiger partial charge in [0.15, 0.2) is 6.61 Å². The quantitative estimate of drug-likeness (QED) is 0.356. The van der Waals surface area contributed by atoms with Crippen molar-refractivity contribution in [3.05, 3.63) is 46.8 Å². The van der Waals surface area contributed by atoms with Gasteiger partial charge in [-0.15, -0.1) is 0 Å². The van der Waals surface area contributed by atoms with Crippen LogP contribution in [0.5, 0.6) is 0 Å². The van der Waals surface area contributed by atoms with Gasteiger partial charge in [-0.3, -0.25) is 4.79 Å². The zero-order chi connectivity index (χ0) is 20.5. The third kappa shape index (κ3) is 3.73. The summed E-state index contributed by atoms with van der Waals surface area (Å²) >= 11 is 0. The van der Waals surface area contributed by atoms with E-state index >= 15 is 0 Å². The number of aromatic nitrogens is 2. The van der Waals surface area contributed by atoms with E-state index < -0.39 is 30.5 Å². The van der Waals surface area contributed by atoms with Crippen LogP contribution >= 0.6 is 0 Å². The van der Waals surface area contributed by atoms with Crippen LogP contribution in [0.15, 0.2) is 18.5 Å². The summed E-state index contributed by atoms with van der Waals surface area (Å²) in [6, 6.07) is 2.41. The van der Waals surface area contributed by atoms with Crippen LogP contribution in [0.25, 0.3) is 11.6 Å². The first-order valence-electron chi connectivity index (χ1n) is 7.77. The molecule has 2 aromatic rings. The molecule has 0 saturated heterocycles. The summed E-state index contributed by atoms with van der Waals surface area (Å²) in [4.78, 5) is 29.8. The third-order valence-corrected chi connectivity index (χ3v) is 3.79. The standard InChI is InChI=1S/C18H11F4N3O3/c1-9-14(24-8-23-9)7-11-15-10(3-2-6-28-17(27)18(20,21)22)12(19)4-5-13(15)25-16(11)26/h4-5,7-8H,6H2,1H3,(H,23,24)(H,25,26)/b11-7-. The van der Waals surface area contributed by atoms with Crippen molar-refractivity contribution in [2.24, 2.45) is 0 Å². The van der Waals surface area contributed by atoms with Gasteiger partial charge in [0.1, 0.15) is 5.82 Å². The predicted molar refractivity (Wildman–Crippen MR) is 90.1 cm³/mol. The van der Waals surface area contributed by atoms with Gasteiger partial charge in [-0.2, -0.15) is 13.2 Å². The molecule has 2 heterocycles. The Kier molecular flexibility index (Phi) is 4.92. The maximum absolute atomic E-state index is 14.3. The normalized spacial score (nSPS) is 14.3. The number of imidazole rings is 1. The molecule has 28 heavy (non-hydrogen) atoms. The lowest BCUT2D eigenvalue weighted by atomic mass is 9.99. The van der Waals surface area contributed by atoms with E-state index in [1.165, 1.54) is 18.5 Å². The second-order valence-electron chi connectivity index (χ2n) is 5.65. The van der Waals surface area contributed by atoms with Gasteiger partial charge in [0, 0.05) is 11.3 Å². The Morgan fingerprint density at radius 3 is 2.75 bits per heavy atom. The number of rotatable bonds is 2. The molecular formula is C18H11F4N3O3. The Labute approximate surface area is 155 Å². The predicted octanol–water partition coefficient (Wildman–Crippen LogP) is 2.81. The Bertz CT molecular complexity index is 1060. The fourth-order valence-corrected chi connectivity index (χ4v) is 2.48. The van der Waals surface area contributed by atoms with Crippen LogP contribution < -0.4 is 5.32 Å². The summed E-state index contributed by atoms with van der Waals surface area (Å²) in [5, 5.41) is 2.56. The topological polar surface area (TPSA) is 84.1 Å². The number of nitrogens with zero attached hydrogens (tertiary/aromatic N) is 1. The van der Waals surface area contributed by atoms with Crippen molar-refractivity contribution in [1.82, 2.24) is 9.97 Å². The first-order chi connectivity index (χ1) is 13.2. The molecule has 6 nitrogen and oxygen atoms in total. The number of hydrogen-bond donors (Lipinski definition) is 2. The van der Waals surface area contributed by atoms with Crippen molar-refractivity contribution in [3.63, 3.8) is 0 Å². The van der Waals surface area contributed by atoms with Gasteiger partial charge >= 0.3 is 12.1 Å². The fraction of sp³-hybridized carbons (Fsp3) is 0.167. The van der Waals surface area contributed by atoms with Crippen LogP contribution in [0.1, 0.15) is 22.5 Å². The average molecular weight is 393 g/mol.